The molecule has 0 fully saturated rings. The van der Waals surface area contributed by atoms with Gasteiger partial charge in [-0.2, -0.15) is 0 Å². The number of aliphatic hydroxyl groups excluding tert-OH is 1. The molecule has 0 aliphatic heterocycles. The Morgan fingerprint density at radius 3 is 0.740 bits per heavy atom. The predicted molar refractivity (Wildman–Crippen MR) is 296 cm³/mol. The first-order chi connectivity index (χ1) is 35.6. The molecule has 73 heavy (non-hydrogen) atoms. The number of aliphatic hydroxyl groups is 1. The van der Waals surface area contributed by atoms with Crippen molar-refractivity contribution in [3.05, 3.63) is 259 Å². The van der Waals surface area contributed by atoms with Crippen LogP contribution in [-0.4, -0.2) is 44.1 Å². The normalized spacial score (nSPS) is 13.9. The van der Waals surface area contributed by atoms with E-state index in [1.165, 1.54) is 66.8 Å². The Morgan fingerprint density at radius 2 is 0.534 bits per heavy atom. The largest absolute Gasteiger partial charge is 0.493 e. The zero-order chi connectivity index (χ0) is 49.7. The van der Waals surface area contributed by atoms with Gasteiger partial charge in [-0.3, -0.25) is 0 Å². The van der Waals surface area contributed by atoms with Crippen molar-refractivity contribution in [1.82, 2.24) is 0 Å². The van der Waals surface area contributed by atoms with Crippen molar-refractivity contribution in [3.8, 4) is 23.0 Å². The first kappa shape index (κ1) is 50.8. The van der Waals surface area contributed by atoms with E-state index < -0.39 is 10.8 Å². The summed E-state index contributed by atoms with van der Waals surface area (Å²) in [6.45, 7) is 11.3. The highest BCUT2D eigenvalue weighted by molar-refractivity contribution is 5.75. The van der Waals surface area contributed by atoms with Gasteiger partial charge in [0.05, 0.1) is 37.3 Å². The molecule has 6 nitrogen and oxygen atoms in total. The second kappa shape index (κ2) is 22.3. The van der Waals surface area contributed by atoms with Crippen LogP contribution in [0.4, 0.5) is 0 Å². The molecule has 0 saturated heterocycles. The van der Waals surface area contributed by atoms with E-state index >= 15 is 0 Å². The molecule has 3 aliphatic carbocycles. The summed E-state index contributed by atoms with van der Waals surface area (Å²) in [5.41, 5.74) is 18.1. The van der Waals surface area contributed by atoms with Crippen LogP contribution in [0, 0.1) is 0 Å². The van der Waals surface area contributed by atoms with Crippen molar-refractivity contribution in [2.24, 2.45) is 0 Å². The minimum atomic E-state index is -0.657. The van der Waals surface area contributed by atoms with Gasteiger partial charge in [-0.05, 0) is 92.4 Å². The minimum Gasteiger partial charge on any atom is -0.493 e. The highest BCUT2D eigenvalue weighted by Crippen LogP contribution is 2.58. The van der Waals surface area contributed by atoms with Crippen LogP contribution in [0.25, 0.3) is 0 Å². The Labute approximate surface area is 432 Å². The topological polar surface area (TPSA) is 88.7 Å². The van der Waals surface area contributed by atoms with Gasteiger partial charge in [-0.15, -0.1) is 0 Å². The Morgan fingerprint density at radius 1 is 0.315 bits per heavy atom. The Hall–Kier alpha value is -7.12. The van der Waals surface area contributed by atoms with Crippen LogP contribution in [0.5, 0.6) is 23.0 Å². The van der Waals surface area contributed by atoms with Crippen LogP contribution in [-0.2, 0) is 36.5 Å². The van der Waals surface area contributed by atoms with E-state index in [1.54, 1.807) is 0 Å². The number of fused-ring (bicyclic) bond motifs is 4. The van der Waals surface area contributed by atoms with Crippen LogP contribution in [0.2, 0.25) is 0 Å². The molecule has 0 saturated carbocycles. The van der Waals surface area contributed by atoms with Gasteiger partial charge >= 0.3 is 0 Å². The van der Waals surface area contributed by atoms with Gasteiger partial charge in [-0.25, -0.2) is 0 Å². The maximum absolute atomic E-state index is 7.19. The quantitative estimate of drug-likeness (QED) is 0.104. The van der Waals surface area contributed by atoms with Gasteiger partial charge in [0.15, 0.2) is 0 Å². The summed E-state index contributed by atoms with van der Waals surface area (Å²) in [5.74, 6) is 3.91. The maximum Gasteiger partial charge on any atom is 0.126 e. The summed E-state index contributed by atoms with van der Waals surface area (Å²) in [7, 11) is 1.00. The summed E-state index contributed by atoms with van der Waals surface area (Å²) >= 11 is 0. The summed E-state index contributed by atoms with van der Waals surface area (Å²) in [6, 6.07) is 63.6. The molecular formula is C67H70O6. The number of hydrogen-bond donors (Lipinski definition) is 1. The third-order valence-electron chi connectivity index (χ3n) is 15.1. The van der Waals surface area contributed by atoms with Crippen LogP contribution in [0.3, 0.4) is 0 Å². The molecule has 6 heteroatoms. The molecule has 0 unspecified atom stereocenters. The van der Waals surface area contributed by atoms with Crippen molar-refractivity contribution < 1.29 is 29.5 Å². The summed E-state index contributed by atoms with van der Waals surface area (Å²) in [5, 5.41) is 7.00. The first-order valence-electron chi connectivity index (χ1n) is 26.4. The molecular weight excluding hydrogens is 901 g/mol. The van der Waals surface area contributed by atoms with Crippen LogP contribution in [0.1, 0.15) is 142 Å². The Kier molecular flexibility index (Phi) is 15.5. The molecule has 3 N–H and O–H groups in total. The number of rotatable bonds is 16. The van der Waals surface area contributed by atoms with Crippen LogP contribution >= 0.6 is 0 Å². The third-order valence-corrected chi connectivity index (χ3v) is 15.1. The average Bonchev–Trinajstić information content (AvgIpc) is 3.43. The van der Waals surface area contributed by atoms with E-state index in [0.29, 0.717) is 52.1 Å². The number of ether oxygens (including phenoxy) is 4. The van der Waals surface area contributed by atoms with Crippen LogP contribution in [0.15, 0.2) is 170 Å². The van der Waals surface area contributed by atoms with E-state index in [2.05, 4.69) is 198 Å². The molecule has 0 radical (unpaired) electrons. The zero-order valence-electron chi connectivity index (χ0n) is 43.2. The number of hydrogen-bond acceptors (Lipinski definition) is 5. The van der Waals surface area contributed by atoms with Gasteiger partial charge in [0.2, 0.25) is 0 Å². The molecule has 374 valence electrons. The zero-order valence-corrected chi connectivity index (χ0v) is 43.2. The second-order valence-corrected chi connectivity index (χ2v) is 19.4. The minimum absolute atomic E-state index is 0. The third kappa shape index (κ3) is 8.58. The van der Waals surface area contributed by atoms with Crippen LogP contribution < -0.4 is 18.9 Å². The molecule has 11 rings (SSSR count). The van der Waals surface area contributed by atoms with E-state index in [9.17, 15) is 0 Å². The lowest BCUT2D eigenvalue weighted by atomic mass is 9.58. The van der Waals surface area contributed by atoms with E-state index in [-0.39, 0.29) is 5.48 Å². The lowest BCUT2D eigenvalue weighted by Gasteiger charge is -2.44. The predicted octanol–water partition coefficient (Wildman–Crippen LogP) is 13.7. The summed E-state index contributed by atoms with van der Waals surface area (Å²) in [6.07, 6.45) is 6.21. The lowest BCUT2D eigenvalue weighted by molar-refractivity contribution is 0.302. The molecule has 0 atom stereocenters. The maximum atomic E-state index is 7.19. The molecule has 0 heterocycles. The van der Waals surface area contributed by atoms with Crippen molar-refractivity contribution in [3.63, 3.8) is 0 Å². The molecule has 8 bridgehead atoms. The summed E-state index contributed by atoms with van der Waals surface area (Å²) in [4.78, 5) is 0. The fourth-order valence-electron chi connectivity index (χ4n) is 12.3. The van der Waals surface area contributed by atoms with E-state index in [4.69, 9.17) is 24.1 Å². The monoisotopic (exact) mass is 971 g/mol. The Balaban J connectivity index is 0.00000216. The fourth-order valence-corrected chi connectivity index (χ4v) is 12.3. The SMILES string of the molecule is CCCOc1c2ccc3c1Cc1c(ccc(c1OCCC)Cc1ccc4c(c1OCCC)Cc1c(ccc(c1OCCC)C2)C4(c1ccccc1)c1ccccc1)C3(c1ccccc1)c1ccccc1.CO.O. The highest BCUT2D eigenvalue weighted by Gasteiger charge is 2.49. The smallest absolute Gasteiger partial charge is 0.126 e. The standard InChI is InChI=1S/C66H64O4.CH4O.H2O/c1-5-37-67-61-45-29-33-57-53(61)43-54-58(65(57,49-21-13-9-14-22-49)50-23-15-10-16-24-50)35-31-47(63(54)69-39-7-3)42-48-32-36-60-56(64(48)70-40-8-4)44-55-59(34-30-46(41-45)62(55)68-38-6-2)66(60,51-25-17-11-18-26-51)52-27-19-12-20-28-52;1-2;/h9-36H,5-8,37-44H2,1-4H3;2H,1H3;1H2. The highest BCUT2D eigenvalue weighted by atomic mass is 16.5. The second-order valence-electron chi connectivity index (χ2n) is 19.4. The fraction of sp³-hybridized carbons (Fsp3) is 0.284. The average molecular weight is 971 g/mol. The van der Waals surface area contributed by atoms with Gasteiger partial charge in [0.1, 0.15) is 23.0 Å². The Bertz CT molecular complexity index is 2720. The van der Waals surface area contributed by atoms with Gasteiger partial charge in [-0.1, -0.05) is 198 Å². The molecule has 0 amide bonds. The molecule has 0 spiro atoms. The molecule has 8 aromatic rings. The van der Waals surface area contributed by atoms with Crippen molar-refractivity contribution in [1.29, 1.82) is 0 Å². The van der Waals surface area contributed by atoms with Crippen molar-refractivity contribution in [2.75, 3.05) is 33.5 Å². The summed E-state index contributed by atoms with van der Waals surface area (Å²) < 4.78 is 28.8. The number of benzene rings is 8. The molecule has 8 aromatic carbocycles. The van der Waals surface area contributed by atoms with Gasteiger partial charge in [0.25, 0.3) is 0 Å². The molecule has 3 aliphatic rings. The van der Waals surface area contributed by atoms with Gasteiger partial charge < -0.3 is 29.5 Å². The van der Waals surface area contributed by atoms with E-state index in [1.807, 2.05) is 0 Å². The van der Waals surface area contributed by atoms with E-state index in [0.717, 1.165) is 78.0 Å². The van der Waals surface area contributed by atoms with Crippen molar-refractivity contribution >= 4 is 0 Å². The van der Waals surface area contributed by atoms with Crippen molar-refractivity contribution in [2.45, 2.75) is 89.9 Å². The molecule has 0 aromatic heterocycles. The lowest BCUT2D eigenvalue weighted by Crippen LogP contribution is -2.37. The van der Waals surface area contributed by atoms with Gasteiger partial charge in [0, 0.05) is 55.0 Å². The first-order valence-corrected chi connectivity index (χ1v) is 26.4.